The maximum absolute atomic E-state index is 11.3. The molecular weight excluding hydrogens is 152 g/mol. The molecule has 0 radical (unpaired) electrons. The summed E-state index contributed by atoms with van der Waals surface area (Å²) in [5.41, 5.74) is 0. The molecule has 0 saturated heterocycles. The van der Waals surface area contributed by atoms with Crippen LogP contribution in [0.3, 0.4) is 0 Å². The third-order valence-corrected chi connectivity index (χ3v) is 2.52. The fourth-order valence-corrected chi connectivity index (χ4v) is 1.68. The molecule has 2 heteroatoms. The highest BCUT2D eigenvalue weighted by atomic mass is 16.1. The predicted octanol–water partition coefficient (Wildman–Crippen LogP) is 2.11. The minimum atomic E-state index is -0.289. The van der Waals surface area contributed by atoms with E-state index in [1.807, 2.05) is 0 Å². The summed E-state index contributed by atoms with van der Waals surface area (Å²) in [6.45, 7) is 0. The van der Waals surface area contributed by atoms with E-state index in [4.69, 9.17) is 0 Å². The number of hydrogen-bond acceptors (Lipinski definition) is 2. The molecule has 12 heavy (non-hydrogen) atoms. The van der Waals surface area contributed by atoms with E-state index in [0.717, 1.165) is 32.0 Å². The van der Waals surface area contributed by atoms with E-state index in [2.05, 4.69) is 0 Å². The molecule has 0 aromatic heterocycles. The Balaban J connectivity index is 2.46. The van der Waals surface area contributed by atoms with Gasteiger partial charge in [0.15, 0.2) is 0 Å². The van der Waals surface area contributed by atoms with Crippen LogP contribution in [-0.4, -0.2) is 12.1 Å². The Kier molecular flexibility index (Phi) is 3.98. The van der Waals surface area contributed by atoms with Gasteiger partial charge in [-0.3, -0.25) is 4.79 Å². The molecule has 0 aromatic rings. The second-order valence-corrected chi connectivity index (χ2v) is 3.52. The van der Waals surface area contributed by atoms with Gasteiger partial charge in [-0.1, -0.05) is 25.7 Å². The van der Waals surface area contributed by atoms with Crippen molar-refractivity contribution in [2.75, 3.05) is 0 Å². The minimum Gasteiger partial charge on any atom is -0.303 e. The Hall–Kier alpha value is -0.660. The third-order valence-electron chi connectivity index (χ3n) is 2.52. The molecule has 0 bridgehead atoms. The Morgan fingerprint density at radius 2 is 1.75 bits per heavy atom. The molecule has 1 aliphatic rings. The number of rotatable bonds is 1. The van der Waals surface area contributed by atoms with Crippen molar-refractivity contribution >= 4 is 12.1 Å². The normalized spacial score (nSPS) is 27.0. The van der Waals surface area contributed by atoms with Crippen LogP contribution in [0.1, 0.15) is 44.9 Å². The lowest BCUT2D eigenvalue weighted by Crippen LogP contribution is -2.14. The van der Waals surface area contributed by atoms with Gasteiger partial charge in [0.2, 0.25) is 0 Å². The van der Waals surface area contributed by atoms with Gasteiger partial charge in [-0.05, 0) is 12.8 Å². The number of aldehydes is 1. The van der Waals surface area contributed by atoms with E-state index in [1.165, 1.54) is 12.8 Å². The van der Waals surface area contributed by atoms with Gasteiger partial charge >= 0.3 is 0 Å². The number of ketones is 1. The van der Waals surface area contributed by atoms with Crippen LogP contribution in [0.15, 0.2) is 0 Å². The first-order valence-electron chi connectivity index (χ1n) is 4.82. The van der Waals surface area contributed by atoms with Crippen LogP contribution in [0.5, 0.6) is 0 Å². The summed E-state index contributed by atoms with van der Waals surface area (Å²) in [6, 6.07) is 0. The van der Waals surface area contributed by atoms with Gasteiger partial charge in [-0.2, -0.15) is 0 Å². The van der Waals surface area contributed by atoms with Crippen LogP contribution in [0, 0.1) is 5.92 Å². The molecule has 0 amide bonds. The van der Waals surface area contributed by atoms with Gasteiger partial charge in [0.1, 0.15) is 12.1 Å². The summed E-state index contributed by atoms with van der Waals surface area (Å²) >= 11 is 0. The molecule has 1 unspecified atom stereocenters. The van der Waals surface area contributed by atoms with Crippen molar-refractivity contribution in [3.05, 3.63) is 0 Å². The lowest BCUT2D eigenvalue weighted by molar-refractivity contribution is -0.127. The van der Waals surface area contributed by atoms with E-state index < -0.39 is 0 Å². The topological polar surface area (TPSA) is 34.1 Å². The van der Waals surface area contributed by atoms with Gasteiger partial charge in [-0.25, -0.2) is 0 Å². The van der Waals surface area contributed by atoms with Crippen LogP contribution in [0.4, 0.5) is 0 Å². The number of Topliss-reactive ketones (excluding diaryl/α,β-unsaturated/α-hetero) is 1. The highest BCUT2D eigenvalue weighted by Gasteiger charge is 2.17. The lowest BCUT2D eigenvalue weighted by Gasteiger charge is -2.05. The largest absolute Gasteiger partial charge is 0.303 e. The van der Waals surface area contributed by atoms with Crippen LogP contribution < -0.4 is 0 Å². The molecule has 0 heterocycles. The minimum absolute atomic E-state index is 0.159. The standard InChI is InChI=1S/C10H16O2/c11-8-9-6-4-2-1-3-5-7-10(9)12/h8-9H,1-7H2. The summed E-state index contributed by atoms with van der Waals surface area (Å²) in [6.07, 6.45) is 7.78. The maximum atomic E-state index is 11.3. The van der Waals surface area contributed by atoms with Crippen molar-refractivity contribution in [2.24, 2.45) is 5.92 Å². The molecule has 2 nitrogen and oxygen atoms in total. The quantitative estimate of drug-likeness (QED) is 0.444. The van der Waals surface area contributed by atoms with Crippen LogP contribution in [0.25, 0.3) is 0 Å². The van der Waals surface area contributed by atoms with E-state index in [-0.39, 0.29) is 11.7 Å². The van der Waals surface area contributed by atoms with Gasteiger partial charge in [0.25, 0.3) is 0 Å². The van der Waals surface area contributed by atoms with Gasteiger partial charge in [0, 0.05) is 6.42 Å². The van der Waals surface area contributed by atoms with E-state index in [1.54, 1.807) is 0 Å². The summed E-state index contributed by atoms with van der Waals surface area (Å²) < 4.78 is 0. The molecule has 1 aliphatic carbocycles. The lowest BCUT2D eigenvalue weighted by atomic mass is 9.97. The molecule has 0 aliphatic heterocycles. The molecular formula is C10H16O2. The molecule has 1 saturated carbocycles. The van der Waals surface area contributed by atoms with Gasteiger partial charge < -0.3 is 4.79 Å². The van der Waals surface area contributed by atoms with E-state index in [0.29, 0.717) is 6.42 Å². The number of hydrogen-bond donors (Lipinski definition) is 0. The second-order valence-electron chi connectivity index (χ2n) is 3.52. The highest BCUT2D eigenvalue weighted by molar-refractivity contribution is 5.93. The van der Waals surface area contributed by atoms with Crippen LogP contribution in [-0.2, 0) is 9.59 Å². The second kappa shape index (κ2) is 5.07. The van der Waals surface area contributed by atoms with Gasteiger partial charge in [-0.15, -0.1) is 0 Å². The first kappa shape index (κ1) is 9.43. The number of carbonyl (C=O) groups is 2. The first-order chi connectivity index (χ1) is 5.84. The van der Waals surface area contributed by atoms with E-state index >= 15 is 0 Å². The molecule has 1 fully saturated rings. The zero-order chi connectivity index (χ0) is 8.81. The summed E-state index contributed by atoms with van der Waals surface area (Å²) in [5, 5.41) is 0. The Bertz CT molecular complexity index is 163. The maximum Gasteiger partial charge on any atom is 0.143 e. The molecule has 0 spiro atoms. The van der Waals surface area contributed by atoms with Gasteiger partial charge in [0.05, 0.1) is 5.92 Å². The van der Waals surface area contributed by atoms with Crippen molar-refractivity contribution < 1.29 is 9.59 Å². The zero-order valence-electron chi connectivity index (χ0n) is 7.42. The first-order valence-corrected chi connectivity index (χ1v) is 4.82. The van der Waals surface area contributed by atoms with Crippen LogP contribution in [0.2, 0.25) is 0 Å². The SMILES string of the molecule is O=CC1CCCCCCCC1=O. The van der Waals surface area contributed by atoms with Crippen molar-refractivity contribution in [3.63, 3.8) is 0 Å². The Morgan fingerprint density at radius 3 is 2.50 bits per heavy atom. The van der Waals surface area contributed by atoms with E-state index in [9.17, 15) is 9.59 Å². The molecule has 0 N–H and O–H groups in total. The fourth-order valence-electron chi connectivity index (χ4n) is 1.68. The smallest absolute Gasteiger partial charge is 0.143 e. The third kappa shape index (κ3) is 2.76. The number of carbonyl (C=O) groups excluding carboxylic acids is 2. The van der Waals surface area contributed by atoms with Crippen molar-refractivity contribution in [1.82, 2.24) is 0 Å². The molecule has 1 rings (SSSR count). The molecule has 0 aromatic carbocycles. The van der Waals surface area contributed by atoms with Crippen molar-refractivity contribution in [1.29, 1.82) is 0 Å². The molecule has 1 atom stereocenters. The Morgan fingerprint density at radius 1 is 1.08 bits per heavy atom. The van der Waals surface area contributed by atoms with Crippen LogP contribution >= 0.6 is 0 Å². The monoisotopic (exact) mass is 168 g/mol. The predicted molar refractivity (Wildman–Crippen MR) is 46.9 cm³/mol. The van der Waals surface area contributed by atoms with Crippen molar-refractivity contribution in [3.8, 4) is 0 Å². The summed E-state index contributed by atoms with van der Waals surface area (Å²) in [5.74, 6) is -0.130. The summed E-state index contributed by atoms with van der Waals surface area (Å²) in [4.78, 5) is 21.8. The van der Waals surface area contributed by atoms with Crippen molar-refractivity contribution in [2.45, 2.75) is 44.9 Å². The average molecular weight is 168 g/mol. The molecule has 68 valence electrons. The highest BCUT2D eigenvalue weighted by Crippen LogP contribution is 2.17. The average Bonchev–Trinajstić information content (AvgIpc) is 2.17. The Labute approximate surface area is 73.3 Å². The fraction of sp³-hybridized carbons (Fsp3) is 0.800. The zero-order valence-corrected chi connectivity index (χ0v) is 7.42. The summed E-state index contributed by atoms with van der Waals surface area (Å²) in [7, 11) is 0.